The van der Waals surface area contributed by atoms with E-state index in [1.165, 1.54) is 48.5 Å². The minimum absolute atomic E-state index is 0.195. The molecule has 1 atom stereocenters. The van der Waals surface area contributed by atoms with Gasteiger partial charge in [0, 0.05) is 10.9 Å². The van der Waals surface area contributed by atoms with Gasteiger partial charge in [-0.05, 0) is 47.0 Å². The second-order valence-electron chi connectivity index (χ2n) is 9.88. The van der Waals surface area contributed by atoms with E-state index in [1.807, 2.05) is 30.3 Å². The standard InChI is InChI=1S/C34H26FNO4S2/c35-34(41(37,38)27-19-9-3-10-20-27,42(39,40)28-21-11-4-12-22-28)32(25-15-5-1-6-16-25)31-29-23-13-14-24-30(29)36-33(31)26-17-7-2-8-18-26/h1-24,32,36H. The summed E-state index contributed by atoms with van der Waals surface area (Å²) in [6.45, 7) is 0. The zero-order valence-electron chi connectivity index (χ0n) is 22.3. The van der Waals surface area contributed by atoms with Crippen LogP contribution >= 0.6 is 0 Å². The van der Waals surface area contributed by atoms with Gasteiger partial charge in [-0.1, -0.05) is 115 Å². The number of sulfone groups is 2. The summed E-state index contributed by atoms with van der Waals surface area (Å²) >= 11 is 0. The first-order valence-electron chi connectivity index (χ1n) is 13.3. The molecule has 1 aromatic heterocycles. The van der Waals surface area contributed by atoms with Crippen molar-refractivity contribution in [2.45, 2.75) is 20.0 Å². The zero-order valence-corrected chi connectivity index (χ0v) is 23.9. The first-order chi connectivity index (χ1) is 20.3. The van der Waals surface area contributed by atoms with Gasteiger partial charge in [0.2, 0.25) is 19.7 Å². The Morgan fingerprint density at radius 1 is 0.548 bits per heavy atom. The summed E-state index contributed by atoms with van der Waals surface area (Å²) in [6, 6.07) is 38.2. The molecule has 0 bridgehead atoms. The lowest BCUT2D eigenvalue weighted by atomic mass is 9.88. The van der Waals surface area contributed by atoms with E-state index in [2.05, 4.69) is 4.98 Å². The van der Waals surface area contributed by atoms with Crippen LogP contribution in [-0.2, 0) is 19.7 Å². The summed E-state index contributed by atoms with van der Waals surface area (Å²) in [7, 11) is -10.4. The number of fused-ring (bicyclic) bond motifs is 1. The summed E-state index contributed by atoms with van der Waals surface area (Å²) in [4.78, 5) is 2.46. The van der Waals surface area contributed by atoms with Gasteiger partial charge in [-0.25, -0.2) is 21.2 Å². The Morgan fingerprint density at radius 3 is 1.50 bits per heavy atom. The van der Waals surface area contributed by atoms with E-state index >= 15 is 4.39 Å². The fraction of sp³-hybridized carbons (Fsp3) is 0.0588. The van der Waals surface area contributed by atoms with Gasteiger partial charge in [-0.2, -0.15) is 0 Å². The zero-order chi connectivity index (χ0) is 29.4. The molecule has 210 valence electrons. The van der Waals surface area contributed by atoms with Crippen LogP contribution in [0.4, 0.5) is 4.39 Å². The van der Waals surface area contributed by atoms with Gasteiger partial charge >= 0.3 is 4.33 Å². The molecule has 42 heavy (non-hydrogen) atoms. The van der Waals surface area contributed by atoms with Gasteiger partial charge in [0.25, 0.3) is 0 Å². The number of halogens is 1. The van der Waals surface area contributed by atoms with E-state index in [1.54, 1.807) is 66.7 Å². The molecule has 0 aliphatic rings. The van der Waals surface area contributed by atoms with Gasteiger partial charge in [-0.15, -0.1) is 0 Å². The Kier molecular flexibility index (Phi) is 7.04. The minimum Gasteiger partial charge on any atom is -0.354 e. The molecule has 0 spiro atoms. The second-order valence-corrected chi connectivity index (χ2v) is 14.3. The fourth-order valence-corrected chi connectivity index (χ4v) is 9.99. The van der Waals surface area contributed by atoms with Crippen molar-refractivity contribution in [1.29, 1.82) is 0 Å². The van der Waals surface area contributed by atoms with Crippen molar-refractivity contribution in [2.75, 3.05) is 0 Å². The molecule has 1 N–H and O–H groups in total. The molecular weight excluding hydrogens is 570 g/mol. The average Bonchev–Trinajstić information content (AvgIpc) is 3.42. The van der Waals surface area contributed by atoms with E-state index < -0.39 is 39.7 Å². The Labute approximate surface area is 244 Å². The molecule has 5 aromatic carbocycles. The maximum atomic E-state index is 18.7. The van der Waals surface area contributed by atoms with Crippen molar-refractivity contribution in [3.8, 4) is 11.3 Å². The molecule has 0 aliphatic carbocycles. The summed E-state index contributed by atoms with van der Waals surface area (Å²) in [5.41, 5.74) is 2.12. The monoisotopic (exact) mass is 595 g/mol. The van der Waals surface area contributed by atoms with Crippen LogP contribution in [0.15, 0.2) is 155 Å². The summed E-state index contributed by atoms with van der Waals surface area (Å²) in [6.07, 6.45) is 0. The molecule has 1 heterocycles. The molecule has 0 saturated carbocycles. The van der Waals surface area contributed by atoms with E-state index in [0.717, 1.165) is 0 Å². The maximum Gasteiger partial charge on any atom is 0.328 e. The van der Waals surface area contributed by atoms with E-state index in [9.17, 15) is 16.8 Å². The number of nitrogens with one attached hydrogen (secondary N) is 1. The predicted molar refractivity (Wildman–Crippen MR) is 163 cm³/mol. The van der Waals surface area contributed by atoms with Crippen LogP contribution in [0.5, 0.6) is 0 Å². The van der Waals surface area contributed by atoms with Crippen LogP contribution in [0.2, 0.25) is 0 Å². The van der Waals surface area contributed by atoms with Gasteiger partial charge in [-0.3, -0.25) is 0 Å². The largest absolute Gasteiger partial charge is 0.354 e. The van der Waals surface area contributed by atoms with E-state index in [4.69, 9.17) is 0 Å². The molecule has 0 saturated heterocycles. The highest BCUT2D eigenvalue weighted by Crippen LogP contribution is 2.53. The normalized spacial score (nSPS) is 13.2. The molecular formula is C34H26FNO4S2. The van der Waals surface area contributed by atoms with Gasteiger partial charge in [0.05, 0.1) is 21.4 Å². The topological polar surface area (TPSA) is 84.1 Å². The van der Waals surface area contributed by atoms with Gasteiger partial charge in [0.1, 0.15) is 0 Å². The number of aromatic amines is 1. The lowest BCUT2D eigenvalue weighted by molar-refractivity contribution is 0.328. The van der Waals surface area contributed by atoms with Crippen molar-refractivity contribution in [2.24, 2.45) is 0 Å². The van der Waals surface area contributed by atoms with E-state index in [-0.39, 0.29) is 11.1 Å². The second kappa shape index (κ2) is 10.7. The highest BCUT2D eigenvalue weighted by molar-refractivity contribution is 8.10. The first kappa shape index (κ1) is 27.6. The quantitative estimate of drug-likeness (QED) is 0.197. The maximum absolute atomic E-state index is 18.7. The van der Waals surface area contributed by atoms with Crippen LogP contribution in [-0.4, -0.2) is 26.2 Å². The predicted octanol–water partition coefficient (Wildman–Crippen LogP) is 7.54. The lowest BCUT2D eigenvalue weighted by Crippen LogP contribution is -2.48. The number of hydrogen-bond donors (Lipinski definition) is 1. The first-order valence-corrected chi connectivity index (χ1v) is 16.2. The number of alkyl halides is 1. The molecule has 0 amide bonds. The summed E-state index contributed by atoms with van der Waals surface area (Å²) in [5, 5.41) is 0.513. The van der Waals surface area contributed by atoms with Gasteiger partial charge < -0.3 is 4.98 Å². The smallest absolute Gasteiger partial charge is 0.328 e. The Balaban J connectivity index is 1.80. The third kappa shape index (κ3) is 4.35. The summed E-state index contributed by atoms with van der Waals surface area (Å²) in [5.74, 6) is -1.79. The molecule has 0 radical (unpaired) electrons. The Morgan fingerprint density at radius 2 is 0.976 bits per heavy atom. The average molecular weight is 596 g/mol. The van der Waals surface area contributed by atoms with Crippen molar-refractivity contribution in [3.63, 3.8) is 0 Å². The molecule has 0 aliphatic heterocycles. The highest BCUT2D eigenvalue weighted by atomic mass is 32.3. The van der Waals surface area contributed by atoms with Crippen LogP contribution < -0.4 is 0 Å². The van der Waals surface area contributed by atoms with Gasteiger partial charge in [0.15, 0.2) is 0 Å². The molecule has 5 nitrogen and oxygen atoms in total. The highest BCUT2D eigenvalue weighted by Gasteiger charge is 2.64. The minimum atomic E-state index is -5.22. The van der Waals surface area contributed by atoms with Crippen LogP contribution in [0.25, 0.3) is 22.2 Å². The van der Waals surface area contributed by atoms with Crippen LogP contribution in [0, 0.1) is 0 Å². The van der Waals surface area contributed by atoms with Crippen LogP contribution in [0.3, 0.4) is 0 Å². The van der Waals surface area contributed by atoms with Crippen molar-refractivity contribution in [1.82, 2.24) is 4.98 Å². The molecule has 1 unspecified atom stereocenters. The lowest BCUT2D eigenvalue weighted by Gasteiger charge is -2.34. The molecule has 0 fully saturated rings. The van der Waals surface area contributed by atoms with Crippen molar-refractivity contribution >= 4 is 30.6 Å². The van der Waals surface area contributed by atoms with Crippen molar-refractivity contribution < 1.29 is 21.2 Å². The van der Waals surface area contributed by atoms with Crippen molar-refractivity contribution in [3.05, 3.63) is 157 Å². The Hall–Kier alpha value is -4.53. The number of hydrogen-bond acceptors (Lipinski definition) is 4. The number of benzene rings is 5. The Bertz CT molecular complexity index is 1990. The molecule has 8 heteroatoms. The number of para-hydroxylation sites is 1. The number of rotatable bonds is 8. The molecule has 6 aromatic rings. The van der Waals surface area contributed by atoms with E-state index in [0.29, 0.717) is 22.2 Å². The van der Waals surface area contributed by atoms with Crippen LogP contribution in [0.1, 0.15) is 17.0 Å². The number of aromatic nitrogens is 1. The fourth-order valence-electron chi connectivity index (χ4n) is 5.46. The third-order valence-corrected chi connectivity index (χ3v) is 12.5. The third-order valence-electron chi connectivity index (χ3n) is 7.41. The number of H-pyrrole nitrogens is 1. The SMILES string of the molecule is O=S(=O)(c1ccccc1)C(F)(C(c1ccccc1)c1c(-c2ccccc2)[nH]c2ccccc12)S(=O)(=O)c1ccccc1. The molecule has 6 rings (SSSR count). The summed E-state index contributed by atoms with van der Waals surface area (Å²) < 4.78 is 73.2.